The van der Waals surface area contributed by atoms with E-state index in [0.29, 0.717) is 11.8 Å². The van der Waals surface area contributed by atoms with Gasteiger partial charge in [0.25, 0.3) is 0 Å². The van der Waals surface area contributed by atoms with Gasteiger partial charge in [0.1, 0.15) is 11.5 Å². The summed E-state index contributed by atoms with van der Waals surface area (Å²) in [5, 5.41) is 12.6. The van der Waals surface area contributed by atoms with Gasteiger partial charge < -0.3 is 15.2 Å². The fraction of sp³-hybridized carbons (Fsp3) is 0.294. The van der Waals surface area contributed by atoms with Crippen LogP contribution in [-0.2, 0) is 13.2 Å². The molecule has 2 aromatic rings. The summed E-state index contributed by atoms with van der Waals surface area (Å²) < 4.78 is 5.80. The van der Waals surface area contributed by atoms with Gasteiger partial charge in [0.15, 0.2) is 0 Å². The third kappa shape index (κ3) is 4.08. The summed E-state index contributed by atoms with van der Waals surface area (Å²) in [6.45, 7) is 5.09. The molecule has 0 atom stereocenters. The molecule has 0 aliphatic heterocycles. The minimum atomic E-state index is -0.0213. The van der Waals surface area contributed by atoms with Gasteiger partial charge in [-0.15, -0.1) is 0 Å². The Bertz CT molecular complexity index is 535. The predicted octanol–water partition coefficient (Wildman–Crippen LogP) is 3.47. The highest BCUT2D eigenvalue weighted by atomic mass is 16.5. The van der Waals surface area contributed by atoms with Crippen LogP contribution in [0.3, 0.4) is 0 Å². The summed E-state index contributed by atoms with van der Waals surface area (Å²) in [5.41, 5.74) is 2.01. The number of aliphatic hydroxyl groups excluding tert-OH is 1. The van der Waals surface area contributed by atoms with Crippen molar-refractivity contribution in [3.8, 4) is 11.5 Å². The molecule has 0 radical (unpaired) electrons. The first-order chi connectivity index (χ1) is 9.69. The van der Waals surface area contributed by atoms with Crippen LogP contribution in [0.4, 0.5) is 0 Å². The minimum Gasteiger partial charge on any atom is -0.457 e. The standard InChI is InChI=1S/C17H21NO2/c1-13(2)18-11-14-7-9-16(10-8-14)20-17-6-4-3-5-15(17)12-19/h3-10,13,18-19H,11-12H2,1-2H3. The molecule has 0 aliphatic carbocycles. The van der Waals surface area contributed by atoms with Gasteiger partial charge in [-0.3, -0.25) is 0 Å². The second-order valence-corrected chi connectivity index (χ2v) is 5.05. The number of rotatable bonds is 6. The Morgan fingerprint density at radius 1 is 1.05 bits per heavy atom. The van der Waals surface area contributed by atoms with Crippen LogP contribution in [0.5, 0.6) is 11.5 Å². The first kappa shape index (κ1) is 14.6. The average Bonchev–Trinajstić information content (AvgIpc) is 2.47. The van der Waals surface area contributed by atoms with E-state index in [1.807, 2.05) is 48.5 Å². The minimum absolute atomic E-state index is 0.0213. The maximum Gasteiger partial charge on any atom is 0.132 e. The van der Waals surface area contributed by atoms with Crippen molar-refractivity contribution in [1.29, 1.82) is 0 Å². The number of ether oxygens (including phenoxy) is 1. The molecule has 0 aliphatic rings. The number of hydrogen-bond donors (Lipinski definition) is 2. The average molecular weight is 271 g/mol. The molecule has 0 spiro atoms. The third-order valence-electron chi connectivity index (χ3n) is 3.01. The highest BCUT2D eigenvalue weighted by Gasteiger charge is 2.03. The number of hydrogen-bond acceptors (Lipinski definition) is 3. The molecule has 2 N–H and O–H groups in total. The Morgan fingerprint density at radius 3 is 2.40 bits per heavy atom. The Labute approximate surface area is 120 Å². The first-order valence-corrected chi connectivity index (χ1v) is 6.88. The lowest BCUT2D eigenvalue weighted by Crippen LogP contribution is -2.21. The maximum absolute atomic E-state index is 9.27. The van der Waals surface area contributed by atoms with Crippen LogP contribution in [0.15, 0.2) is 48.5 Å². The number of para-hydroxylation sites is 1. The van der Waals surface area contributed by atoms with Crippen molar-refractivity contribution < 1.29 is 9.84 Å². The molecule has 0 saturated carbocycles. The summed E-state index contributed by atoms with van der Waals surface area (Å²) in [4.78, 5) is 0. The van der Waals surface area contributed by atoms with Crippen LogP contribution in [0.1, 0.15) is 25.0 Å². The van der Waals surface area contributed by atoms with E-state index in [1.54, 1.807) is 0 Å². The van der Waals surface area contributed by atoms with Crippen molar-refractivity contribution in [3.05, 3.63) is 59.7 Å². The van der Waals surface area contributed by atoms with Gasteiger partial charge in [-0.1, -0.05) is 44.2 Å². The van der Waals surface area contributed by atoms with Crippen molar-refractivity contribution in [2.45, 2.75) is 33.0 Å². The fourth-order valence-corrected chi connectivity index (χ4v) is 1.86. The Kier molecular flexibility index (Phi) is 5.16. The summed E-state index contributed by atoms with van der Waals surface area (Å²) in [5.74, 6) is 1.47. The number of aliphatic hydroxyl groups is 1. The quantitative estimate of drug-likeness (QED) is 0.845. The van der Waals surface area contributed by atoms with E-state index in [4.69, 9.17) is 4.74 Å². The summed E-state index contributed by atoms with van der Waals surface area (Å²) in [6.07, 6.45) is 0. The van der Waals surface area contributed by atoms with E-state index in [-0.39, 0.29) is 6.61 Å². The van der Waals surface area contributed by atoms with E-state index in [1.165, 1.54) is 5.56 Å². The second-order valence-electron chi connectivity index (χ2n) is 5.05. The smallest absolute Gasteiger partial charge is 0.132 e. The lowest BCUT2D eigenvalue weighted by molar-refractivity contribution is 0.276. The van der Waals surface area contributed by atoms with Gasteiger partial charge in [-0.2, -0.15) is 0 Å². The topological polar surface area (TPSA) is 41.5 Å². The van der Waals surface area contributed by atoms with Crippen LogP contribution in [0.2, 0.25) is 0 Å². The Morgan fingerprint density at radius 2 is 1.75 bits per heavy atom. The van der Waals surface area contributed by atoms with Gasteiger partial charge in [0, 0.05) is 18.2 Å². The van der Waals surface area contributed by atoms with E-state index >= 15 is 0 Å². The lowest BCUT2D eigenvalue weighted by atomic mass is 10.2. The molecule has 106 valence electrons. The summed E-state index contributed by atoms with van der Waals surface area (Å²) in [6, 6.07) is 16.0. The molecule has 0 amide bonds. The van der Waals surface area contributed by atoms with E-state index < -0.39 is 0 Å². The first-order valence-electron chi connectivity index (χ1n) is 6.88. The van der Waals surface area contributed by atoms with Crippen LogP contribution < -0.4 is 10.1 Å². The van der Waals surface area contributed by atoms with Crippen molar-refractivity contribution in [2.24, 2.45) is 0 Å². The SMILES string of the molecule is CC(C)NCc1ccc(Oc2ccccc2CO)cc1. The fourth-order valence-electron chi connectivity index (χ4n) is 1.86. The van der Waals surface area contributed by atoms with Gasteiger partial charge in [0.2, 0.25) is 0 Å². The molecule has 0 aromatic heterocycles. The van der Waals surface area contributed by atoms with E-state index in [2.05, 4.69) is 19.2 Å². The highest BCUT2D eigenvalue weighted by molar-refractivity contribution is 5.38. The molecule has 3 heteroatoms. The monoisotopic (exact) mass is 271 g/mol. The second kappa shape index (κ2) is 7.08. The van der Waals surface area contributed by atoms with Gasteiger partial charge in [-0.25, -0.2) is 0 Å². The van der Waals surface area contributed by atoms with Crippen molar-refractivity contribution in [3.63, 3.8) is 0 Å². The van der Waals surface area contributed by atoms with Gasteiger partial charge in [-0.05, 0) is 23.8 Å². The zero-order chi connectivity index (χ0) is 14.4. The number of nitrogens with one attached hydrogen (secondary N) is 1. The third-order valence-corrected chi connectivity index (χ3v) is 3.01. The summed E-state index contributed by atoms with van der Waals surface area (Å²) in [7, 11) is 0. The predicted molar refractivity (Wildman–Crippen MR) is 80.9 cm³/mol. The Hall–Kier alpha value is -1.84. The Balaban J connectivity index is 2.03. The van der Waals surface area contributed by atoms with Crippen LogP contribution in [0.25, 0.3) is 0 Å². The molecule has 2 rings (SSSR count). The molecule has 0 unspecified atom stereocenters. The highest BCUT2D eigenvalue weighted by Crippen LogP contribution is 2.25. The van der Waals surface area contributed by atoms with Crippen molar-refractivity contribution in [2.75, 3.05) is 0 Å². The molecule has 3 nitrogen and oxygen atoms in total. The van der Waals surface area contributed by atoms with Gasteiger partial charge >= 0.3 is 0 Å². The molecule has 0 fully saturated rings. The molecule has 0 saturated heterocycles. The molecular weight excluding hydrogens is 250 g/mol. The normalized spacial score (nSPS) is 10.8. The lowest BCUT2D eigenvalue weighted by Gasteiger charge is -2.11. The van der Waals surface area contributed by atoms with E-state index in [9.17, 15) is 5.11 Å². The molecular formula is C17H21NO2. The molecule has 20 heavy (non-hydrogen) atoms. The zero-order valence-corrected chi connectivity index (χ0v) is 12.0. The number of benzene rings is 2. The zero-order valence-electron chi connectivity index (χ0n) is 12.0. The van der Waals surface area contributed by atoms with Crippen LogP contribution in [-0.4, -0.2) is 11.1 Å². The van der Waals surface area contributed by atoms with Gasteiger partial charge in [0.05, 0.1) is 6.61 Å². The largest absolute Gasteiger partial charge is 0.457 e. The molecule has 0 heterocycles. The van der Waals surface area contributed by atoms with Crippen LogP contribution in [0, 0.1) is 0 Å². The molecule has 0 bridgehead atoms. The van der Waals surface area contributed by atoms with Crippen LogP contribution >= 0.6 is 0 Å². The van der Waals surface area contributed by atoms with E-state index in [0.717, 1.165) is 17.9 Å². The molecule has 2 aromatic carbocycles. The maximum atomic E-state index is 9.27. The van der Waals surface area contributed by atoms with Crippen molar-refractivity contribution >= 4 is 0 Å². The van der Waals surface area contributed by atoms with Crippen molar-refractivity contribution in [1.82, 2.24) is 5.32 Å². The summed E-state index contributed by atoms with van der Waals surface area (Å²) >= 11 is 0.